The van der Waals surface area contributed by atoms with E-state index in [0.717, 1.165) is 18.5 Å². The summed E-state index contributed by atoms with van der Waals surface area (Å²) >= 11 is 1.60. The molecule has 1 saturated heterocycles. The third kappa shape index (κ3) is 3.22. The molecule has 0 aliphatic carbocycles. The number of carbonyl (C=O) groups excluding carboxylic acids is 1. The monoisotopic (exact) mass is 253 g/mol. The highest BCUT2D eigenvalue weighted by molar-refractivity contribution is 7.08. The van der Waals surface area contributed by atoms with E-state index >= 15 is 0 Å². The van der Waals surface area contributed by atoms with Gasteiger partial charge in [-0.15, -0.1) is 0 Å². The minimum absolute atomic E-state index is 0.0826. The summed E-state index contributed by atoms with van der Waals surface area (Å²) in [6.07, 6.45) is 5.79. The highest BCUT2D eigenvalue weighted by Gasteiger charge is 2.31. The van der Waals surface area contributed by atoms with E-state index in [1.807, 2.05) is 16.8 Å². The van der Waals surface area contributed by atoms with Gasteiger partial charge in [-0.2, -0.15) is 11.3 Å². The Morgan fingerprint density at radius 2 is 2.35 bits per heavy atom. The van der Waals surface area contributed by atoms with Gasteiger partial charge in [0.2, 0.25) is 0 Å². The van der Waals surface area contributed by atoms with Crippen molar-refractivity contribution >= 4 is 23.1 Å². The lowest BCUT2D eigenvalue weighted by atomic mass is 10.1. The Morgan fingerprint density at radius 3 is 3.06 bits per heavy atom. The lowest BCUT2D eigenvalue weighted by Gasteiger charge is -2.10. The van der Waals surface area contributed by atoms with Gasteiger partial charge in [0.1, 0.15) is 6.10 Å². The van der Waals surface area contributed by atoms with Gasteiger partial charge in [0.25, 0.3) is 0 Å². The van der Waals surface area contributed by atoms with Crippen LogP contribution in [0.3, 0.4) is 0 Å². The third-order valence-corrected chi connectivity index (χ3v) is 3.74. The summed E-state index contributed by atoms with van der Waals surface area (Å²) in [7, 11) is 0. The molecule has 1 amide bonds. The van der Waals surface area contributed by atoms with E-state index in [1.165, 1.54) is 19.3 Å². The fourth-order valence-electron chi connectivity index (χ4n) is 2.09. The van der Waals surface area contributed by atoms with Crippen molar-refractivity contribution in [2.24, 2.45) is 0 Å². The van der Waals surface area contributed by atoms with Crippen molar-refractivity contribution in [1.82, 2.24) is 0 Å². The van der Waals surface area contributed by atoms with E-state index in [0.29, 0.717) is 6.54 Å². The van der Waals surface area contributed by atoms with Crippen molar-refractivity contribution < 1.29 is 9.53 Å². The number of amides is 1. The van der Waals surface area contributed by atoms with Gasteiger partial charge in [0.05, 0.1) is 12.2 Å². The van der Waals surface area contributed by atoms with E-state index < -0.39 is 0 Å². The van der Waals surface area contributed by atoms with Crippen LogP contribution in [0, 0.1) is 0 Å². The summed E-state index contributed by atoms with van der Waals surface area (Å²) in [6.45, 7) is 2.91. The maximum atomic E-state index is 11.7. The Bertz CT molecular complexity index is 350. The van der Waals surface area contributed by atoms with Gasteiger partial charge in [-0.25, -0.2) is 4.79 Å². The Morgan fingerprint density at radius 1 is 1.47 bits per heavy atom. The first-order chi connectivity index (χ1) is 8.31. The van der Waals surface area contributed by atoms with Crippen molar-refractivity contribution in [2.45, 2.75) is 45.1 Å². The molecule has 0 spiro atoms. The molecule has 1 aromatic rings. The first kappa shape index (κ1) is 12.4. The summed E-state index contributed by atoms with van der Waals surface area (Å²) < 4.78 is 5.37. The van der Waals surface area contributed by atoms with Crippen molar-refractivity contribution in [1.29, 1.82) is 0 Å². The zero-order valence-electron chi connectivity index (χ0n) is 10.2. The molecule has 4 heteroatoms. The van der Waals surface area contributed by atoms with Gasteiger partial charge in [-0.1, -0.05) is 26.2 Å². The minimum atomic E-state index is -0.191. The maximum Gasteiger partial charge on any atom is 0.414 e. The normalized spacial score (nSPS) is 19.7. The Hall–Kier alpha value is -1.03. The van der Waals surface area contributed by atoms with Crippen LogP contribution in [0.5, 0.6) is 0 Å². The molecule has 1 aliphatic rings. The maximum absolute atomic E-state index is 11.7. The highest BCUT2D eigenvalue weighted by Crippen LogP contribution is 2.25. The molecule has 0 radical (unpaired) electrons. The number of ether oxygens (including phenoxy) is 1. The quantitative estimate of drug-likeness (QED) is 0.716. The van der Waals surface area contributed by atoms with Gasteiger partial charge in [0, 0.05) is 5.38 Å². The highest BCUT2D eigenvalue weighted by atomic mass is 32.1. The summed E-state index contributed by atoms with van der Waals surface area (Å²) in [4.78, 5) is 13.4. The molecule has 0 N–H and O–H groups in total. The summed E-state index contributed by atoms with van der Waals surface area (Å²) in [5.74, 6) is 0. The smallest absolute Gasteiger partial charge is 0.414 e. The second-order valence-electron chi connectivity index (χ2n) is 4.45. The average Bonchev–Trinajstić information content (AvgIpc) is 2.93. The molecule has 1 fully saturated rings. The number of cyclic esters (lactones) is 1. The number of nitrogens with zero attached hydrogens (tertiary/aromatic N) is 1. The van der Waals surface area contributed by atoms with E-state index in [-0.39, 0.29) is 12.2 Å². The van der Waals surface area contributed by atoms with E-state index in [9.17, 15) is 4.79 Å². The fourth-order valence-corrected chi connectivity index (χ4v) is 2.73. The molecule has 0 bridgehead atoms. The van der Waals surface area contributed by atoms with Crippen LogP contribution in [0.15, 0.2) is 16.8 Å². The molecule has 3 nitrogen and oxygen atoms in total. The standard InChI is InChI=1S/C13H19NO2S/c1-2-3-4-5-6-12-9-14(13(15)16-12)11-7-8-17-10-11/h7-8,10,12H,2-6,9H2,1H3/t12-/m1/s1. The summed E-state index contributed by atoms with van der Waals surface area (Å²) in [5, 5.41) is 3.97. The lowest BCUT2D eigenvalue weighted by molar-refractivity contribution is 0.135. The van der Waals surface area contributed by atoms with Gasteiger partial charge in [-0.05, 0) is 24.3 Å². The van der Waals surface area contributed by atoms with Gasteiger partial charge < -0.3 is 4.74 Å². The molecule has 1 aliphatic heterocycles. The molecule has 1 aromatic heterocycles. The zero-order chi connectivity index (χ0) is 12.1. The SMILES string of the molecule is CCCCCC[C@@H]1CN(c2ccsc2)C(=O)O1. The first-order valence-electron chi connectivity index (χ1n) is 6.31. The van der Waals surface area contributed by atoms with E-state index in [1.54, 1.807) is 16.2 Å². The number of anilines is 1. The van der Waals surface area contributed by atoms with Crippen LogP contribution in [0.1, 0.15) is 39.0 Å². The Kier molecular flexibility index (Phi) is 4.42. The number of rotatable bonds is 6. The number of unbranched alkanes of at least 4 members (excludes halogenated alkanes) is 3. The van der Waals surface area contributed by atoms with Crippen LogP contribution in [-0.2, 0) is 4.74 Å². The molecule has 1 atom stereocenters. The molecule has 0 aromatic carbocycles. The van der Waals surface area contributed by atoms with Gasteiger partial charge in [-0.3, -0.25) is 4.90 Å². The van der Waals surface area contributed by atoms with Crippen molar-refractivity contribution in [2.75, 3.05) is 11.4 Å². The first-order valence-corrected chi connectivity index (χ1v) is 7.26. The molecule has 0 saturated carbocycles. The van der Waals surface area contributed by atoms with Crippen molar-refractivity contribution in [3.05, 3.63) is 16.8 Å². The van der Waals surface area contributed by atoms with Crippen LogP contribution in [0.4, 0.5) is 10.5 Å². The molecule has 0 unspecified atom stereocenters. The summed E-state index contributed by atoms with van der Waals surface area (Å²) in [6, 6.07) is 1.96. The predicted octanol–water partition coefficient (Wildman–Crippen LogP) is 4.04. The number of thiophene rings is 1. The number of hydrogen-bond acceptors (Lipinski definition) is 3. The molecule has 94 valence electrons. The summed E-state index contributed by atoms with van der Waals surface area (Å²) in [5.41, 5.74) is 0.969. The Balaban J connectivity index is 1.79. The van der Waals surface area contributed by atoms with Gasteiger partial charge in [0.15, 0.2) is 0 Å². The molecular weight excluding hydrogens is 234 g/mol. The van der Waals surface area contributed by atoms with E-state index in [2.05, 4.69) is 6.92 Å². The van der Waals surface area contributed by atoms with Crippen molar-refractivity contribution in [3.8, 4) is 0 Å². The van der Waals surface area contributed by atoms with Crippen LogP contribution in [0.25, 0.3) is 0 Å². The van der Waals surface area contributed by atoms with Crippen LogP contribution in [0.2, 0.25) is 0 Å². The second-order valence-corrected chi connectivity index (χ2v) is 5.23. The fraction of sp³-hybridized carbons (Fsp3) is 0.615. The van der Waals surface area contributed by atoms with Crippen LogP contribution >= 0.6 is 11.3 Å². The Labute approximate surface area is 106 Å². The van der Waals surface area contributed by atoms with Crippen LogP contribution in [-0.4, -0.2) is 18.7 Å². The predicted molar refractivity (Wildman–Crippen MR) is 70.7 cm³/mol. The van der Waals surface area contributed by atoms with E-state index in [4.69, 9.17) is 4.74 Å². The van der Waals surface area contributed by atoms with Gasteiger partial charge >= 0.3 is 6.09 Å². The third-order valence-electron chi connectivity index (χ3n) is 3.07. The zero-order valence-corrected chi connectivity index (χ0v) is 11.0. The minimum Gasteiger partial charge on any atom is -0.444 e. The largest absolute Gasteiger partial charge is 0.444 e. The average molecular weight is 253 g/mol. The number of hydrogen-bond donors (Lipinski definition) is 0. The topological polar surface area (TPSA) is 29.5 Å². The molecule has 2 rings (SSSR count). The molecular formula is C13H19NO2S. The lowest BCUT2D eigenvalue weighted by Crippen LogP contribution is -2.23. The molecule has 2 heterocycles. The van der Waals surface area contributed by atoms with Crippen molar-refractivity contribution in [3.63, 3.8) is 0 Å². The van der Waals surface area contributed by atoms with Crippen LogP contribution < -0.4 is 4.90 Å². The second kappa shape index (κ2) is 6.05. The number of carbonyl (C=O) groups is 1. The molecule has 17 heavy (non-hydrogen) atoms.